The lowest BCUT2D eigenvalue weighted by Gasteiger charge is -2.33. The largest absolute Gasteiger partial charge is 0.508 e. The number of nitrogens with zero attached hydrogens (tertiary/aromatic N) is 4. The standard InChI is InChI=1S/C59H91N17O14/c1-9-32(7)47(74-52(83)40(22-34-15-17-37(77)18-16-34)69-54(85)46(31(5)6)73-50(81)39(13-11-19-65-59(61)62)68-49(80)38(60)25-45(78)79)56(87)71-42(24-36-27-64-29-67-36)57(88)76-20-12-14-44(76)53(84)75-48(33(8)10-2)55(86)70-41(23-35-26-63-28-66-35)51(82)72-43(58(89)90)21-30(3)4/h15-18,26-33,38-44,46-48,77H,9-14,19-25,60H2,1-8H3,(H,63,66)(H,64,67)(H,68,80)(H,69,85)(H,70,86)(H,71,87)(H,72,82)(H,73,81)(H,74,83)(H,75,84)(H,78,79)(H,89,90)(H4,61,62,65)/t32-,33-,38-,39-,40-,41-,42-,43-,44-,46-,47-,48-/m0/s1. The first-order chi connectivity index (χ1) is 42.5. The molecule has 0 unspecified atom stereocenters. The SMILES string of the molecule is CC[C@H](C)[C@H](NC(=O)[C@H](Cc1ccc(O)cc1)NC(=O)[C@@H](NC(=O)[C@H](CCCN=C(N)N)NC(=O)[C@@H](N)CC(=O)O)C(C)C)C(=O)N[C@@H](Cc1cnc[nH]1)C(=O)N1CCC[C@H]1C(=O)N[C@H](C(=O)N[C@@H](Cc1cnc[nH]1)C(=O)N[C@@H](CC(C)C)C(=O)O)[C@@H](C)CC. The molecule has 1 aliphatic rings. The van der Waals surface area contributed by atoms with Crippen molar-refractivity contribution in [3.8, 4) is 5.75 Å². The van der Waals surface area contributed by atoms with Gasteiger partial charge in [0, 0.05) is 56.1 Å². The van der Waals surface area contributed by atoms with Gasteiger partial charge in [0.05, 0.1) is 25.1 Å². The summed E-state index contributed by atoms with van der Waals surface area (Å²) < 4.78 is 0. The molecule has 3 heterocycles. The maximum atomic E-state index is 15.0. The van der Waals surface area contributed by atoms with Crippen LogP contribution in [0.25, 0.3) is 0 Å². The number of rotatable bonds is 37. The Kier molecular flexibility index (Phi) is 29.1. The van der Waals surface area contributed by atoms with Crippen molar-refractivity contribution in [1.29, 1.82) is 0 Å². The van der Waals surface area contributed by atoms with Gasteiger partial charge in [-0.25, -0.2) is 14.8 Å². The summed E-state index contributed by atoms with van der Waals surface area (Å²) in [4.78, 5) is 171. The summed E-state index contributed by atoms with van der Waals surface area (Å²) in [6, 6.07) is -7.66. The minimum absolute atomic E-state index is 0.0452. The number of aliphatic carboxylic acids is 2. The molecule has 90 heavy (non-hydrogen) atoms. The summed E-state index contributed by atoms with van der Waals surface area (Å²) in [5.74, 6) is -12.1. The molecule has 4 rings (SSSR count). The molecule has 9 amide bonds. The van der Waals surface area contributed by atoms with E-state index >= 15 is 0 Å². The van der Waals surface area contributed by atoms with Crippen molar-refractivity contribution in [1.82, 2.24) is 67.4 Å². The first-order valence-corrected chi connectivity index (χ1v) is 30.2. The normalized spacial score (nSPS) is 16.7. The second-order valence-electron chi connectivity index (χ2n) is 23.5. The van der Waals surface area contributed by atoms with Crippen molar-refractivity contribution in [2.45, 2.75) is 186 Å². The molecule has 31 nitrogen and oxygen atoms in total. The Morgan fingerprint density at radius 2 is 1.12 bits per heavy atom. The van der Waals surface area contributed by atoms with Gasteiger partial charge in [0.15, 0.2) is 5.96 Å². The maximum absolute atomic E-state index is 15.0. The molecule has 0 radical (unpaired) electrons. The fraction of sp³-hybridized carbons (Fsp3) is 0.593. The summed E-state index contributed by atoms with van der Waals surface area (Å²) >= 11 is 0. The van der Waals surface area contributed by atoms with Crippen LogP contribution in [0.2, 0.25) is 0 Å². The average molecular weight is 1260 g/mol. The molecule has 496 valence electrons. The van der Waals surface area contributed by atoms with Gasteiger partial charge in [-0.15, -0.1) is 0 Å². The zero-order chi connectivity index (χ0) is 66.9. The van der Waals surface area contributed by atoms with Crippen LogP contribution in [0.15, 0.2) is 54.3 Å². The minimum atomic E-state index is -1.53. The lowest BCUT2D eigenvalue weighted by atomic mass is 9.96. The van der Waals surface area contributed by atoms with Crippen molar-refractivity contribution in [2.75, 3.05) is 13.1 Å². The molecule has 2 aromatic heterocycles. The van der Waals surface area contributed by atoms with E-state index in [0.29, 0.717) is 36.2 Å². The van der Waals surface area contributed by atoms with Crippen LogP contribution in [0, 0.1) is 23.7 Å². The van der Waals surface area contributed by atoms with Gasteiger partial charge in [-0.3, -0.25) is 52.9 Å². The zero-order valence-electron chi connectivity index (χ0n) is 52.2. The Morgan fingerprint density at radius 3 is 1.63 bits per heavy atom. The smallest absolute Gasteiger partial charge is 0.326 e. The number of phenols is 1. The molecule has 31 heteroatoms. The van der Waals surface area contributed by atoms with Crippen LogP contribution in [-0.2, 0) is 72.0 Å². The molecule has 12 atom stereocenters. The second kappa shape index (κ2) is 35.7. The van der Waals surface area contributed by atoms with E-state index in [2.05, 4.69) is 67.5 Å². The predicted molar refractivity (Wildman–Crippen MR) is 328 cm³/mol. The number of carboxylic acids is 2. The predicted octanol–water partition coefficient (Wildman–Crippen LogP) is -1.53. The van der Waals surface area contributed by atoms with Crippen LogP contribution in [0.5, 0.6) is 5.75 Å². The van der Waals surface area contributed by atoms with E-state index in [4.69, 9.17) is 17.2 Å². The molecule has 0 saturated carbocycles. The molecular weight excluding hydrogens is 1170 g/mol. The van der Waals surface area contributed by atoms with Gasteiger partial charge in [0.25, 0.3) is 0 Å². The number of amides is 9. The lowest BCUT2D eigenvalue weighted by molar-refractivity contribution is -0.143. The van der Waals surface area contributed by atoms with Crippen LogP contribution < -0.4 is 59.7 Å². The number of nitrogens with two attached hydrogens (primary N) is 3. The van der Waals surface area contributed by atoms with E-state index in [1.807, 2.05) is 0 Å². The lowest BCUT2D eigenvalue weighted by Crippen LogP contribution is -2.62. The molecule has 19 N–H and O–H groups in total. The molecule has 1 fully saturated rings. The summed E-state index contributed by atoms with van der Waals surface area (Å²) in [5, 5.41) is 50.7. The summed E-state index contributed by atoms with van der Waals surface area (Å²) in [7, 11) is 0. The van der Waals surface area contributed by atoms with E-state index in [0.717, 1.165) is 0 Å². The summed E-state index contributed by atoms with van der Waals surface area (Å²) in [6.45, 7) is 13.9. The monoisotopic (exact) mass is 1260 g/mol. The highest BCUT2D eigenvalue weighted by Crippen LogP contribution is 2.22. The van der Waals surface area contributed by atoms with Crippen molar-refractivity contribution in [2.24, 2.45) is 45.9 Å². The summed E-state index contributed by atoms with van der Waals surface area (Å²) in [5.41, 5.74) is 18.0. The average Bonchev–Trinajstić information content (AvgIpc) is 1.63. The quantitative estimate of drug-likeness (QED) is 0.0177. The van der Waals surface area contributed by atoms with Crippen LogP contribution >= 0.6 is 0 Å². The number of guanidine groups is 1. The van der Waals surface area contributed by atoms with Crippen molar-refractivity contribution in [3.05, 3.63) is 66.3 Å². The molecule has 1 aromatic carbocycles. The number of aromatic amines is 2. The number of carbonyl (C=O) groups is 11. The molecule has 3 aromatic rings. The Bertz CT molecular complexity index is 2920. The molecule has 1 aliphatic heterocycles. The van der Waals surface area contributed by atoms with E-state index in [1.54, 1.807) is 55.4 Å². The van der Waals surface area contributed by atoms with Gasteiger partial charge in [-0.2, -0.15) is 0 Å². The fourth-order valence-corrected chi connectivity index (χ4v) is 10.00. The molecule has 1 saturated heterocycles. The molecule has 0 aliphatic carbocycles. The number of benzene rings is 1. The number of hydrogen-bond acceptors (Lipinski definition) is 16. The van der Waals surface area contributed by atoms with Crippen LogP contribution in [0.1, 0.15) is 124 Å². The number of imidazole rings is 2. The fourth-order valence-electron chi connectivity index (χ4n) is 10.00. The highest BCUT2D eigenvalue weighted by atomic mass is 16.4. The molecular formula is C59H91N17O14. The number of carbonyl (C=O) groups excluding carboxylic acids is 9. The highest BCUT2D eigenvalue weighted by Gasteiger charge is 2.42. The maximum Gasteiger partial charge on any atom is 0.326 e. The third-order valence-corrected chi connectivity index (χ3v) is 15.5. The van der Waals surface area contributed by atoms with E-state index in [9.17, 15) is 68.1 Å². The zero-order valence-corrected chi connectivity index (χ0v) is 52.2. The van der Waals surface area contributed by atoms with E-state index < -0.39 is 150 Å². The van der Waals surface area contributed by atoms with Gasteiger partial charge >= 0.3 is 11.9 Å². The number of likely N-dealkylation sites (tertiary alicyclic amines) is 1. The Balaban J connectivity index is 1.61. The number of phenolic OH excluding ortho intramolecular Hbond substituents is 1. The third-order valence-electron chi connectivity index (χ3n) is 15.5. The van der Waals surface area contributed by atoms with Crippen LogP contribution in [0.4, 0.5) is 0 Å². The van der Waals surface area contributed by atoms with Crippen molar-refractivity contribution in [3.63, 3.8) is 0 Å². The highest BCUT2D eigenvalue weighted by molar-refractivity contribution is 5.99. The Morgan fingerprint density at radius 1 is 0.633 bits per heavy atom. The van der Waals surface area contributed by atoms with Gasteiger partial charge in [-0.05, 0) is 73.5 Å². The van der Waals surface area contributed by atoms with Gasteiger partial charge in [0.2, 0.25) is 53.2 Å². The van der Waals surface area contributed by atoms with Gasteiger partial charge < -0.3 is 89.9 Å². The van der Waals surface area contributed by atoms with Crippen LogP contribution in [0.3, 0.4) is 0 Å². The first kappa shape index (κ1) is 73.3. The number of aromatic hydroxyl groups is 1. The molecule has 0 bridgehead atoms. The number of aliphatic imine (C=N–C) groups is 1. The van der Waals surface area contributed by atoms with Crippen molar-refractivity contribution >= 4 is 71.1 Å². The number of hydrogen-bond donors (Lipinski definition) is 16. The van der Waals surface area contributed by atoms with Gasteiger partial charge in [-0.1, -0.05) is 80.4 Å². The summed E-state index contributed by atoms with van der Waals surface area (Å²) in [6.07, 6.45) is 5.83. The topological polar surface area (TPSA) is 496 Å². The van der Waals surface area contributed by atoms with E-state index in [-0.39, 0.29) is 75.7 Å². The minimum Gasteiger partial charge on any atom is -0.508 e. The third kappa shape index (κ3) is 23.1. The Hall–Kier alpha value is -9.16. The van der Waals surface area contributed by atoms with Gasteiger partial charge in [0.1, 0.15) is 60.1 Å². The van der Waals surface area contributed by atoms with Crippen molar-refractivity contribution < 1.29 is 68.1 Å². The number of carboxylic acid groups (broad SMARTS) is 2. The number of nitrogens with one attached hydrogen (secondary N) is 10. The van der Waals surface area contributed by atoms with E-state index in [1.165, 1.54) is 54.2 Å². The molecule has 0 spiro atoms. The van der Waals surface area contributed by atoms with Crippen LogP contribution in [-0.4, -0.2) is 185 Å². The number of aromatic nitrogens is 4. The number of H-pyrrole nitrogens is 2. The second-order valence-corrected chi connectivity index (χ2v) is 23.5. The Labute approximate surface area is 522 Å². The first-order valence-electron chi connectivity index (χ1n) is 30.2.